The predicted molar refractivity (Wildman–Crippen MR) is 91.3 cm³/mol. The molecule has 3 unspecified atom stereocenters. The summed E-state index contributed by atoms with van der Waals surface area (Å²) in [5.74, 6) is -5.26. The maximum Gasteiger partial charge on any atom is 0.326 e. The number of hydrogen-bond acceptors (Lipinski definition) is 7. The second kappa shape index (κ2) is 11.8. The number of aliphatic hydroxyl groups is 1. The topological polar surface area (TPSA) is 208 Å². The minimum absolute atomic E-state index is 0.115. The maximum absolute atomic E-state index is 12.0. The van der Waals surface area contributed by atoms with Crippen molar-refractivity contribution < 1.29 is 39.3 Å². The first kappa shape index (κ1) is 24.3. The number of carboxylic acids is 2. The van der Waals surface area contributed by atoms with E-state index in [-0.39, 0.29) is 12.8 Å². The molecule has 0 bridgehead atoms. The van der Waals surface area contributed by atoms with Crippen molar-refractivity contribution in [1.29, 1.82) is 0 Å². The maximum atomic E-state index is 12.0. The molecule has 3 amide bonds. The van der Waals surface area contributed by atoms with E-state index in [2.05, 4.69) is 16.0 Å². The number of rotatable bonds is 12. The highest BCUT2D eigenvalue weighted by molar-refractivity contribution is 5.92. The zero-order valence-electron chi connectivity index (χ0n) is 15.1. The van der Waals surface area contributed by atoms with Crippen LogP contribution in [0.3, 0.4) is 0 Å². The number of nitrogens with one attached hydrogen (secondary N) is 3. The van der Waals surface area contributed by atoms with Gasteiger partial charge in [-0.15, -0.1) is 0 Å². The molecule has 0 rings (SSSR count). The molecule has 0 aliphatic heterocycles. The van der Waals surface area contributed by atoms with Crippen molar-refractivity contribution in [3.63, 3.8) is 0 Å². The van der Waals surface area contributed by atoms with Crippen LogP contribution in [0.25, 0.3) is 0 Å². The van der Waals surface area contributed by atoms with Gasteiger partial charge in [-0.05, 0) is 12.3 Å². The average molecular weight is 390 g/mol. The van der Waals surface area contributed by atoms with Crippen molar-refractivity contribution in [1.82, 2.24) is 16.0 Å². The fourth-order valence-electron chi connectivity index (χ4n) is 1.92. The number of carbonyl (C=O) groups excluding carboxylic acids is 3. The summed E-state index contributed by atoms with van der Waals surface area (Å²) in [6, 6.07) is -3.72. The third kappa shape index (κ3) is 9.51. The number of carbonyl (C=O) groups is 5. The van der Waals surface area contributed by atoms with Crippen molar-refractivity contribution in [3.8, 4) is 0 Å². The van der Waals surface area contributed by atoms with Gasteiger partial charge in [-0.2, -0.15) is 0 Å². The molecule has 0 aromatic rings. The summed E-state index contributed by atoms with van der Waals surface area (Å²) in [6.07, 6.45) is -0.426. The van der Waals surface area contributed by atoms with Crippen molar-refractivity contribution in [3.05, 3.63) is 0 Å². The summed E-state index contributed by atoms with van der Waals surface area (Å²) in [6.45, 7) is 1.81. The Balaban J connectivity index is 4.55. The molecule has 0 radical (unpaired) electrons. The monoisotopic (exact) mass is 390 g/mol. The second-order valence-electron chi connectivity index (χ2n) is 6.13. The molecule has 0 fully saturated rings. The SMILES string of the molecule is CC(C)C(NC(=O)C(CO)NC(=O)CNC(=O)C(N)CCC(=O)O)C(=O)O. The molecule has 27 heavy (non-hydrogen) atoms. The van der Waals surface area contributed by atoms with Gasteiger partial charge in [0.15, 0.2) is 0 Å². The Bertz CT molecular complexity index is 566. The highest BCUT2D eigenvalue weighted by Crippen LogP contribution is 2.02. The van der Waals surface area contributed by atoms with Crippen LogP contribution < -0.4 is 21.7 Å². The van der Waals surface area contributed by atoms with Gasteiger partial charge in [0.1, 0.15) is 12.1 Å². The summed E-state index contributed by atoms with van der Waals surface area (Å²) >= 11 is 0. The van der Waals surface area contributed by atoms with E-state index < -0.39 is 66.9 Å². The lowest BCUT2D eigenvalue weighted by molar-refractivity contribution is -0.143. The first-order valence-corrected chi connectivity index (χ1v) is 8.18. The molecule has 8 N–H and O–H groups in total. The highest BCUT2D eigenvalue weighted by Gasteiger charge is 2.28. The van der Waals surface area contributed by atoms with Crippen LogP contribution in [-0.4, -0.2) is 76.3 Å². The quantitative estimate of drug-likeness (QED) is 0.181. The van der Waals surface area contributed by atoms with E-state index in [4.69, 9.17) is 15.9 Å². The zero-order valence-corrected chi connectivity index (χ0v) is 15.1. The lowest BCUT2D eigenvalue weighted by Gasteiger charge is -2.22. The third-order valence-corrected chi connectivity index (χ3v) is 3.49. The van der Waals surface area contributed by atoms with Crippen LogP contribution in [0.2, 0.25) is 0 Å². The molecule has 0 aromatic heterocycles. The summed E-state index contributed by atoms with van der Waals surface area (Å²) in [5.41, 5.74) is 5.47. The number of carboxylic acid groups (broad SMARTS) is 2. The molecule has 154 valence electrons. The molecule has 0 aromatic carbocycles. The van der Waals surface area contributed by atoms with E-state index in [1.54, 1.807) is 13.8 Å². The Morgan fingerprint density at radius 3 is 2.04 bits per heavy atom. The molecule has 0 heterocycles. The van der Waals surface area contributed by atoms with Gasteiger partial charge in [0.05, 0.1) is 19.2 Å². The minimum atomic E-state index is -1.41. The van der Waals surface area contributed by atoms with Crippen molar-refractivity contribution in [2.24, 2.45) is 11.7 Å². The van der Waals surface area contributed by atoms with Gasteiger partial charge in [-0.25, -0.2) is 4.79 Å². The van der Waals surface area contributed by atoms with Crippen LogP contribution in [-0.2, 0) is 24.0 Å². The Morgan fingerprint density at radius 1 is 1.00 bits per heavy atom. The first-order chi connectivity index (χ1) is 12.5. The van der Waals surface area contributed by atoms with Gasteiger partial charge in [0.2, 0.25) is 17.7 Å². The smallest absolute Gasteiger partial charge is 0.326 e. The molecule has 12 heteroatoms. The van der Waals surface area contributed by atoms with Crippen LogP contribution in [0.4, 0.5) is 0 Å². The van der Waals surface area contributed by atoms with E-state index in [1.165, 1.54) is 0 Å². The molecular weight excluding hydrogens is 364 g/mol. The molecule has 0 saturated heterocycles. The van der Waals surface area contributed by atoms with E-state index in [1.807, 2.05) is 0 Å². The van der Waals surface area contributed by atoms with Gasteiger partial charge in [-0.1, -0.05) is 13.8 Å². The number of amides is 3. The van der Waals surface area contributed by atoms with Crippen LogP contribution in [0, 0.1) is 5.92 Å². The van der Waals surface area contributed by atoms with Crippen LogP contribution in [0.15, 0.2) is 0 Å². The summed E-state index contributed by atoms with van der Waals surface area (Å²) in [4.78, 5) is 57.0. The predicted octanol–water partition coefficient (Wildman–Crippen LogP) is -3.00. The zero-order chi connectivity index (χ0) is 21.1. The molecular formula is C15H26N4O8. The Kier molecular flexibility index (Phi) is 10.6. The van der Waals surface area contributed by atoms with E-state index in [9.17, 15) is 29.1 Å². The molecule has 0 spiro atoms. The third-order valence-electron chi connectivity index (χ3n) is 3.49. The lowest BCUT2D eigenvalue weighted by atomic mass is 10.0. The Labute approximate surface area is 155 Å². The second-order valence-corrected chi connectivity index (χ2v) is 6.13. The van der Waals surface area contributed by atoms with Crippen molar-refractivity contribution in [2.45, 2.75) is 44.8 Å². The van der Waals surface area contributed by atoms with Gasteiger partial charge in [-0.3, -0.25) is 19.2 Å². The van der Waals surface area contributed by atoms with Crippen LogP contribution in [0.1, 0.15) is 26.7 Å². The van der Waals surface area contributed by atoms with Gasteiger partial charge in [0, 0.05) is 6.42 Å². The fourth-order valence-corrected chi connectivity index (χ4v) is 1.92. The lowest BCUT2D eigenvalue weighted by Crippen LogP contribution is -2.56. The number of aliphatic hydroxyl groups excluding tert-OH is 1. The van der Waals surface area contributed by atoms with E-state index >= 15 is 0 Å². The Morgan fingerprint density at radius 2 is 1.59 bits per heavy atom. The Hall–Kier alpha value is -2.73. The van der Waals surface area contributed by atoms with E-state index in [0.29, 0.717) is 0 Å². The highest BCUT2D eigenvalue weighted by atomic mass is 16.4. The van der Waals surface area contributed by atoms with Gasteiger partial charge >= 0.3 is 11.9 Å². The van der Waals surface area contributed by atoms with Gasteiger partial charge in [0.25, 0.3) is 0 Å². The number of nitrogens with two attached hydrogens (primary N) is 1. The fraction of sp³-hybridized carbons (Fsp3) is 0.667. The molecule has 3 atom stereocenters. The van der Waals surface area contributed by atoms with E-state index in [0.717, 1.165) is 0 Å². The molecule has 0 saturated carbocycles. The summed E-state index contributed by atoms with van der Waals surface area (Å²) in [7, 11) is 0. The molecule has 0 aliphatic rings. The largest absolute Gasteiger partial charge is 0.481 e. The molecule has 0 aliphatic carbocycles. The summed E-state index contributed by atoms with van der Waals surface area (Å²) < 4.78 is 0. The number of hydrogen-bond donors (Lipinski definition) is 7. The van der Waals surface area contributed by atoms with Crippen LogP contribution >= 0.6 is 0 Å². The van der Waals surface area contributed by atoms with Crippen LogP contribution in [0.5, 0.6) is 0 Å². The first-order valence-electron chi connectivity index (χ1n) is 8.18. The number of aliphatic carboxylic acids is 2. The molecule has 12 nitrogen and oxygen atoms in total. The van der Waals surface area contributed by atoms with Crippen molar-refractivity contribution >= 4 is 29.7 Å². The standard InChI is InChI=1S/C15H26N4O8/c1-7(2)12(15(26)27)19-14(25)9(6-20)18-10(21)5-17-13(24)8(16)3-4-11(22)23/h7-9,12,20H,3-6,16H2,1-2H3,(H,17,24)(H,18,21)(H,19,25)(H,22,23)(H,26,27). The average Bonchev–Trinajstić information content (AvgIpc) is 2.58. The normalized spacial score (nSPS) is 14.0. The minimum Gasteiger partial charge on any atom is -0.481 e. The summed E-state index contributed by atoms with van der Waals surface area (Å²) in [5, 5.41) is 33.3. The van der Waals surface area contributed by atoms with Gasteiger partial charge < -0.3 is 37.0 Å². The van der Waals surface area contributed by atoms with Crippen molar-refractivity contribution in [2.75, 3.05) is 13.2 Å².